The molecule has 2 heterocycles. The van der Waals surface area contributed by atoms with Gasteiger partial charge in [-0.1, -0.05) is 54.6 Å². The molecule has 4 aromatic carbocycles. The summed E-state index contributed by atoms with van der Waals surface area (Å²) in [5.74, 6) is -1.50. The monoisotopic (exact) mass is 582 g/mol. The molecule has 6 rings (SSSR count). The fourth-order valence-electron chi connectivity index (χ4n) is 4.65. The van der Waals surface area contributed by atoms with E-state index in [4.69, 9.17) is 15.3 Å². The van der Waals surface area contributed by atoms with Gasteiger partial charge in [0.2, 0.25) is 0 Å². The van der Waals surface area contributed by atoms with Crippen molar-refractivity contribution in [1.29, 1.82) is 0 Å². The fourth-order valence-corrected chi connectivity index (χ4v) is 4.65. The molecule has 2 unspecified atom stereocenters. The minimum atomic E-state index is -1.17. The summed E-state index contributed by atoms with van der Waals surface area (Å²) in [6, 6.07) is 20.0. The van der Waals surface area contributed by atoms with Crippen LogP contribution in [-0.4, -0.2) is 48.5 Å². The number of fused-ring (bicyclic) bond motifs is 3. The molecule has 0 saturated carbocycles. The number of aromatic hydroxyl groups is 3. The summed E-state index contributed by atoms with van der Waals surface area (Å²) in [6.45, 7) is 6.93. The Balaban J connectivity index is 0.000000150. The maximum atomic E-state index is 11.1. The maximum Gasteiger partial charge on any atom is 0.333 e. The molecule has 7 N–H and O–H groups in total. The predicted octanol–water partition coefficient (Wildman–Crippen LogP) is 6.51. The van der Waals surface area contributed by atoms with E-state index in [-0.39, 0.29) is 11.5 Å². The molecule has 0 saturated heterocycles. The van der Waals surface area contributed by atoms with E-state index in [1.807, 2.05) is 44.2 Å². The van der Waals surface area contributed by atoms with E-state index >= 15 is 0 Å². The molecule has 2 atom stereocenters. The number of benzene rings is 4. The number of hydrogen-bond acceptors (Lipinski definition) is 7. The standard InChI is InChI=1S/2C12H13NO3.C10H8O/c2*1-7-3-4-9(14)10-8(7)5-6-12(2,13-10)11(15)16;11-10-6-5-8-3-1-2-4-9(8)7-10/h2*3-6,13-14H,1-2H3,(H,15,16);1-7,11H. The molecule has 9 nitrogen and oxygen atoms in total. The second-order valence-corrected chi connectivity index (χ2v) is 10.8. The van der Waals surface area contributed by atoms with Crippen LogP contribution in [0.25, 0.3) is 22.9 Å². The van der Waals surface area contributed by atoms with Crippen LogP contribution < -0.4 is 10.6 Å². The first-order valence-corrected chi connectivity index (χ1v) is 13.5. The third-order valence-electron chi connectivity index (χ3n) is 7.44. The zero-order valence-electron chi connectivity index (χ0n) is 24.2. The Hall–Kier alpha value is -5.44. The number of phenolic OH excluding ortho intramolecular Hbond substituents is 3. The summed E-state index contributed by atoms with van der Waals surface area (Å²) in [5.41, 5.74) is 2.27. The van der Waals surface area contributed by atoms with Gasteiger partial charge in [-0.15, -0.1) is 0 Å². The van der Waals surface area contributed by atoms with E-state index in [1.165, 1.54) is 0 Å². The normalized spacial score (nSPS) is 19.3. The second-order valence-electron chi connectivity index (χ2n) is 10.8. The number of carboxylic acids is 2. The van der Waals surface area contributed by atoms with Crippen LogP contribution in [0.2, 0.25) is 0 Å². The van der Waals surface area contributed by atoms with Gasteiger partial charge in [-0.05, 0) is 86.0 Å². The smallest absolute Gasteiger partial charge is 0.333 e. The van der Waals surface area contributed by atoms with Crippen LogP contribution in [0.15, 0.2) is 78.9 Å². The highest BCUT2D eigenvalue weighted by Crippen LogP contribution is 2.38. The van der Waals surface area contributed by atoms with Crippen molar-refractivity contribution in [2.45, 2.75) is 38.8 Å². The average Bonchev–Trinajstić information content (AvgIpc) is 2.97. The van der Waals surface area contributed by atoms with Crippen molar-refractivity contribution in [2.75, 3.05) is 10.6 Å². The minimum absolute atomic E-state index is 0.0671. The molecule has 9 heteroatoms. The average molecular weight is 583 g/mol. The molecule has 2 aliphatic rings. The van der Waals surface area contributed by atoms with E-state index in [0.717, 1.165) is 33.0 Å². The first kappa shape index (κ1) is 30.5. The van der Waals surface area contributed by atoms with Crippen LogP contribution in [0.3, 0.4) is 0 Å². The van der Waals surface area contributed by atoms with Gasteiger partial charge in [0.15, 0.2) is 11.1 Å². The van der Waals surface area contributed by atoms with Crippen molar-refractivity contribution < 1.29 is 35.1 Å². The molecule has 43 heavy (non-hydrogen) atoms. The SMILES string of the molecule is Cc1ccc(O)c2c1C=CC(C)(C(=O)O)N2.Cc1ccc(O)c2c1C=CC(C)(C(=O)O)N2.Oc1ccc2ccccc2c1. The first-order valence-electron chi connectivity index (χ1n) is 13.5. The lowest BCUT2D eigenvalue weighted by atomic mass is 9.92. The van der Waals surface area contributed by atoms with Crippen LogP contribution in [0.1, 0.15) is 36.1 Å². The Labute approximate surface area is 249 Å². The molecule has 0 aliphatic carbocycles. The van der Waals surface area contributed by atoms with Gasteiger partial charge in [0.25, 0.3) is 0 Å². The van der Waals surface area contributed by atoms with Crippen LogP contribution >= 0.6 is 0 Å². The van der Waals surface area contributed by atoms with Gasteiger partial charge < -0.3 is 36.2 Å². The number of aliphatic carboxylic acids is 2. The Morgan fingerprint density at radius 1 is 0.628 bits per heavy atom. The minimum Gasteiger partial charge on any atom is -0.508 e. The van der Waals surface area contributed by atoms with Crippen molar-refractivity contribution in [1.82, 2.24) is 0 Å². The van der Waals surface area contributed by atoms with Crippen LogP contribution in [-0.2, 0) is 9.59 Å². The molecule has 0 fully saturated rings. The first-order chi connectivity index (χ1) is 20.2. The van der Waals surface area contributed by atoms with Crippen LogP contribution in [0.5, 0.6) is 17.2 Å². The van der Waals surface area contributed by atoms with Crippen molar-refractivity contribution in [3.63, 3.8) is 0 Å². The van der Waals surface area contributed by atoms with Gasteiger partial charge in [-0.3, -0.25) is 0 Å². The van der Waals surface area contributed by atoms with Gasteiger partial charge in [0.1, 0.15) is 17.2 Å². The van der Waals surface area contributed by atoms with Crippen molar-refractivity contribution in [2.24, 2.45) is 0 Å². The van der Waals surface area contributed by atoms with Crippen molar-refractivity contribution in [3.05, 3.63) is 101 Å². The summed E-state index contributed by atoms with van der Waals surface area (Å²) in [4.78, 5) is 22.2. The number of phenols is 3. The molecule has 0 amide bonds. The molecular formula is C34H34N2O7. The van der Waals surface area contributed by atoms with Crippen molar-refractivity contribution >= 4 is 46.2 Å². The number of hydrogen-bond donors (Lipinski definition) is 7. The lowest BCUT2D eigenvalue weighted by molar-refractivity contribution is -0.140. The number of carboxylic acid groups (broad SMARTS) is 2. The maximum absolute atomic E-state index is 11.1. The Morgan fingerprint density at radius 2 is 1.07 bits per heavy atom. The number of nitrogens with one attached hydrogen (secondary N) is 2. The van der Waals surface area contributed by atoms with Gasteiger partial charge in [-0.25, -0.2) is 9.59 Å². The van der Waals surface area contributed by atoms with E-state index in [9.17, 15) is 19.8 Å². The van der Waals surface area contributed by atoms with Crippen LogP contribution in [0, 0.1) is 13.8 Å². The molecule has 2 aliphatic heterocycles. The highest BCUT2D eigenvalue weighted by molar-refractivity contribution is 5.93. The summed E-state index contributed by atoms with van der Waals surface area (Å²) < 4.78 is 0. The number of carbonyl (C=O) groups is 2. The lowest BCUT2D eigenvalue weighted by Crippen LogP contribution is -2.42. The van der Waals surface area contributed by atoms with Crippen molar-refractivity contribution in [3.8, 4) is 17.2 Å². The molecular weight excluding hydrogens is 548 g/mol. The number of aryl methyl sites for hydroxylation is 2. The predicted molar refractivity (Wildman–Crippen MR) is 169 cm³/mol. The zero-order chi connectivity index (χ0) is 31.5. The Kier molecular flexibility index (Phi) is 8.38. The highest BCUT2D eigenvalue weighted by Gasteiger charge is 2.35. The Bertz CT molecular complexity index is 1690. The van der Waals surface area contributed by atoms with Gasteiger partial charge >= 0.3 is 11.9 Å². The fraction of sp³-hybridized carbons (Fsp3) is 0.176. The number of anilines is 2. The Morgan fingerprint density at radius 3 is 1.51 bits per heavy atom. The van der Waals surface area contributed by atoms with E-state index < -0.39 is 23.0 Å². The molecule has 0 spiro atoms. The van der Waals surface area contributed by atoms with E-state index in [1.54, 1.807) is 74.5 Å². The molecule has 4 aromatic rings. The number of rotatable bonds is 2. The van der Waals surface area contributed by atoms with Gasteiger partial charge in [-0.2, -0.15) is 0 Å². The zero-order valence-corrected chi connectivity index (χ0v) is 24.2. The highest BCUT2D eigenvalue weighted by atomic mass is 16.4. The summed E-state index contributed by atoms with van der Waals surface area (Å²) in [5, 5.41) is 54.6. The second kappa shape index (κ2) is 11.8. The van der Waals surface area contributed by atoms with E-state index in [2.05, 4.69) is 10.6 Å². The summed E-state index contributed by atoms with van der Waals surface area (Å²) in [7, 11) is 0. The third-order valence-corrected chi connectivity index (χ3v) is 7.44. The summed E-state index contributed by atoms with van der Waals surface area (Å²) >= 11 is 0. The van der Waals surface area contributed by atoms with Crippen LogP contribution in [0.4, 0.5) is 11.4 Å². The topological polar surface area (TPSA) is 159 Å². The molecule has 222 valence electrons. The van der Waals surface area contributed by atoms with Gasteiger partial charge in [0.05, 0.1) is 11.4 Å². The lowest BCUT2D eigenvalue weighted by Gasteiger charge is -2.29. The van der Waals surface area contributed by atoms with Gasteiger partial charge in [0, 0.05) is 11.1 Å². The largest absolute Gasteiger partial charge is 0.508 e. The molecule has 0 aromatic heterocycles. The molecule has 0 bridgehead atoms. The van der Waals surface area contributed by atoms with E-state index in [0.29, 0.717) is 17.1 Å². The third kappa shape index (κ3) is 6.41. The summed E-state index contributed by atoms with van der Waals surface area (Å²) in [6.07, 6.45) is 6.64. The molecule has 0 radical (unpaired) electrons. The quantitative estimate of drug-likeness (QED) is 0.131.